The van der Waals surface area contributed by atoms with E-state index < -0.39 is 11.8 Å². The van der Waals surface area contributed by atoms with Crippen LogP contribution in [0.3, 0.4) is 0 Å². The maximum absolute atomic E-state index is 13.4. The Hall–Kier alpha value is -6.03. The third-order valence-electron chi connectivity index (χ3n) is 6.82. The van der Waals surface area contributed by atoms with E-state index in [1.165, 1.54) is 47.7 Å². The Bertz CT molecular complexity index is 1760. The van der Waals surface area contributed by atoms with E-state index in [9.17, 15) is 14.4 Å². The number of anilines is 1. The summed E-state index contributed by atoms with van der Waals surface area (Å²) in [5, 5.41) is 5.49. The lowest BCUT2D eigenvalue weighted by Gasteiger charge is -2.13. The third-order valence-corrected chi connectivity index (χ3v) is 6.82. The Balaban J connectivity index is 1.54. The number of rotatable bonds is 13. The normalized spacial score (nSPS) is 11.0. The molecular formula is C36H34N2O8. The van der Waals surface area contributed by atoms with Crippen LogP contribution in [0.4, 0.5) is 5.69 Å². The van der Waals surface area contributed by atoms with Crippen molar-refractivity contribution in [1.29, 1.82) is 0 Å². The van der Waals surface area contributed by atoms with Crippen molar-refractivity contribution < 1.29 is 38.1 Å². The molecule has 0 heterocycles. The monoisotopic (exact) mass is 622 g/mol. The predicted octanol–water partition coefficient (Wildman–Crippen LogP) is 6.04. The first kappa shape index (κ1) is 32.9. The molecule has 0 spiro atoms. The van der Waals surface area contributed by atoms with Crippen molar-refractivity contribution in [3.05, 3.63) is 119 Å². The number of allylic oxidation sites excluding steroid dienone is 1. The minimum Gasteiger partial charge on any atom is -0.496 e. The van der Waals surface area contributed by atoms with Crippen LogP contribution < -0.4 is 34.3 Å². The molecule has 2 amide bonds. The lowest BCUT2D eigenvalue weighted by molar-refractivity contribution is -0.113. The van der Waals surface area contributed by atoms with Gasteiger partial charge in [0.05, 0.1) is 35.5 Å². The van der Waals surface area contributed by atoms with Gasteiger partial charge in [0.1, 0.15) is 11.4 Å². The number of carbonyl (C=O) groups excluding carboxylic acids is 3. The molecule has 0 aromatic heterocycles. The second-order valence-electron chi connectivity index (χ2n) is 9.67. The van der Waals surface area contributed by atoms with Gasteiger partial charge < -0.3 is 34.3 Å². The van der Waals surface area contributed by atoms with E-state index in [1.807, 2.05) is 0 Å². The standard InChI is InChI=1S/C36H34N2O8/c1-42-30-18-11-23(20-32(30)44-3)19-28(38-35(40)25-9-7-6-8-10-25)36(41)37-27-15-12-24(13-16-27)29(39)17-14-26-21-33(45-4)34(46-5)22-31(26)43-2/h6-22H,1-5H3,(H,37,41)(H,38,40)/b17-14+,28-19-. The summed E-state index contributed by atoms with van der Waals surface area (Å²) in [4.78, 5) is 39.4. The number of ketones is 1. The highest BCUT2D eigenvalue weighted by Gasteiger charge is 2.16. The number of benzene rings is 4. The summed E-state index contributed by atoms with van der Waals surface area (Å²) in [5.74, 6) is 1.20. The summed E-state index contributed by atoms with van der Waals surface area (Å²) in [6.07, 6.45) is 4.57. The van der Waals surface area contributed by atoms with Crippen LogP contribution in [0, 0.1) is 0 Å². The lowest BCUT2D eigenvalue weighted by Crippen LogP contribution is -2.30. The number of methoxy groups -OCH3 is 5. The summed E-state index contributed by atoms with van der Waals surface area (Å²) in [6, 6.07) is 23.4. The van der Waals surface area contributed by atoms with Crippen molar-refractivity contribution in [2.75, 3.05) is 40.9 Å². The third kappa shape index (κ3) is 8.11. The SMILES string of the molecule is COc1cc(OC)c(OC)cc1/C=C/C(=O)c1ccc(NC(=O)/C(=C/c2ccc(OC)c(OC)c2)NC(=O)c2ccccc2)cc1. The fraction of sp³-hybridized carbons (Fsp3) is 0.139. The number of carbonyl (C=O) groups is 3. The number of ether oxygens (including phenoxy) is 5. The zero-order chi connectivity index (χ0) is 33.1. The fourth-order valence-electron chi connectivity index (χ4n) is 4.41. The van der Waals surface area contributed by atoms with Gasteiger partial charge in [-0.3, -0.25) is 14.4 Å². The highest BCUT2D eigenvalue weighted by atomic mass is 16.5. The Morgan fingerprint density at radius 2 is 1.22 bits per heavy atom. The molecule has 0 aliphatic rings. The quantitative estimate of drug-likeness (QED) is 0.137. The average Bonchev–Trinajstić information content (AvgIpc) is 3.10. The van der Waals surface area contributed by atoms with Gasteiger partial charge in [-0.1, -0.05) is 24.3 Å². The highest BCUT2D eigenvalue weighted by molar-refractivity contribution is 6.11. The first-order chi connectivity index (χ1) is 22.3. The lowest BCUT2D eigenvalue weighted by atomic mass is 10.1. The molecule has 10 heteroatoms. The van der Waals surface area contributed by atoms with Crippen LogP contribution in [-0.4, -0.2) is 53.1 Å². The zero-order valence-electron chi connectivity index (χ0n) is 26.1. The first-order valence-corrected chi connectivity index (χ1v) is 14.0. The van der Waals surface area contributed by atoms with Crippen LogP contribution in [0.15, 0.2) is 96.7 Å². The van der Waals surface area contributed by atoms with Crippen LogP contribution in [0.5, 0.6) is 28.7 Å². The summed E-state index contributed by atoms with van der Waals surface area (Å²) in [5.41, 5.74) is 2.41. The molecule has 0 unspecified atom stereocenters. The molecule has 0 radical (unpaired) electrons. The van der Waals surface area contributed by atoms with Crippen LogP contribution in [-0.2, 0) is 4.79 Å². The van der Waals surface area contributed by atoms with Gasteiger partial charge in [0.2, 0.25) is 0 Å². The van der Waals surface area contributed by atoms with Crippen molar-refractivity contribution in [3.63, 3.8) is 0 Å². The summed E-state index contributed by atoms with van der Waals surface area (Å²) < 4.78 is 26.8. The molecule has 0 fully saturated rings. The Labute approximate surface area is 267 Å². The van der Waals surface area contributed by atoms with Gasteiger partial charge in [0.15, 0.2) is 28.8 Å². The number of nitrogens with one attached hydrogen (secondary N) is 2. The Morgan fingerprint density at radius 3 is 1.85 bits per heavy atom. The number of amides is 2. The molecule has 0 aliphatic heterocycles. The van der Waals surface area contributed by atoms with Crippen molar-refractivity contribution >= 4 is 35.4 Å². The number of hydrogen-bond acceptors (Lipinski definition) is 8. The molecule has 4 aromatic carbocycles. The maximum atomic E-state index is 13.4. The average molecular weight is 623 g/mol. The minimum atomic E-state index is -0.571. The summed E-state index contributed by atoms with van der Waals surface area (Å²) in [7, 11) is 7.60. The van der Waals surface area contributed by atoms with Crippen LogP contribution in [0.2, 0.25) is 0 Å². The second-order valence-corrected chi connectivity index (χ2v) is 9.67. The molecular weight excluding hydrogens is 588 g/mol. The smallest absolute Gasteiger partial charge is 0.272 e. The Kier molecular flexibility index (Phi) is 11.2. The van der Waals surface area contributed by atoms with Crippen LogP contribution >= 0.6 is 0 Å². The molecule has 0 bridgehead atoms. The molecule has 4 aromatic rings. The van der Waals surface area contributed by atoms with Crippen LogP contribution in [0.1, 0.15) is 31.8 Å². The maximum Gasteiger partial charge on any atom is 0.272 e. The largest absolute Gasteiger partial charge is 0.496 e. The van der Waals surface area contributed by atoms with Gasteiger partial charge >= 0.3 is 0 Å². The van der Waals surface area contributed by atoms with Gasteiger partial charge in [0.25, 0.3) is 11.8 Å². The summed E-state index contributed by atoms with van der Waals surface area (Å²) >= 11 is 0. The first-order valence-electron chi connectivity index (χ1n) is 14.0. The molecule has 46 heavy (non-hydrogen) atoms. The molecule has 4 rings (SSSR count). The van der Waals surface area contributed by atoms with Gasteiger partial charge in [-0.05, 0) is 78.4 Å². The minimum absolute atomic E-state index is 0.00646. The molecule has 0 aliphatic carbocycles. The van der Waals surface area contributed by atoms with Gasteiger partial charge in [-0.15, -0.1) is 0 Å². The van der Waals surface area contributed by atoms with E-state index in [4.69, 9.17) is 23.7 Å². The molecule has 236 valence electrons. The topological polar surface area (TPSA) is 121 Å². The van der Waals surface area contributed by atoms with Gasteiger partial charge in [0, 0.05) is 28.4 Å². The van der Waals surface area contributed by atoms with Gasteiger partial charge in [-0.25, -0.2) is 0 Å². The second kappa shape index (κ2) is 15.6. The fourth-order valence-corrected chi connectivity index (χ4v) is 4.41. The van der Waals surface area contributed by atoms with Crippen molar-refractivity contribution in [2.24, 2.45) is 0 Å². The van der Waals surface area contributed by atoms with Gasteiger partial charge in [-0.2, -0.15) is 0 Å². The molecule has 0 saturated carbocycles. The number of hydrogen-bond donors (Lipinski definition) is 2. The van der Waals surface area contributed by atoms with Crippen molar-refractivity contribution in [1.82, 2.24) is 5.32 Å². The van der Waals surface area contributed by atoms with Crippen molar-refractivity contribution in [2.45, 2.75) is 0 Å². The predicted molar refractivity (Wildman–Crippen MR) is 176 cm³/mol. The summed E-state index contributed by atoms with van der Waals surface area (Å²) in [6.45, 7) is 0. The van der Waals surface area contributed by atoms with E-state index >= 15 is 0 Å². The zero-order valence-corrected chi connectivity index (χ0v) is 26.1. The van der Waals surface area contributed by atoms with E-state index in [0.717, 1.165) is 0 Å². The highest BCUT2D eigenvalue weighted by Crippen LogP contribution is 2.35. The van der Waals surface area contributed by atoms with Crippen molar-refractivity contribution in [3.8, 4) is 28.7 Å². The van der Waals surface area contributed by atoms with E-state index in [0.29, 0.717) is 56.7 Å². The van der Waals surface area contributed by atoms with E-state index in [-0.39, 0.29) is 11.5 Å². The molecule has 10 nitrogen and oxygen atoms in total. The molecule has 0 saturated heterocycles. The molecule has 2 N–H and O–H groups in total. The van der Waals surface area contributed by atoms with Crippen LogP contribution in [0.25, 0.3) is 12.2 Å². The Morgan fingerprint density at radius 1 is 0.609 bits per heavy atom. The van der Waals surface area contributed by atoms with E-state index in [1.54, 1.807) is 91.0 Å². The molecule has 0 atom stereocenters. The van der Waals surface area contributed by atoms with E-state index in [2.05, 4.69) is 10.6 Å².